The maximum absolute atomic E-state index is 13.7. The summed E-state index contributed by atoms with van der Waals surface area (Å²) in [6, 6.07) is 7.70. The van der Waals surface area contributed by atoms with Gasteiger partial charge >= 0.3 is 0 Å². The lowest BCUT2D eigenvalue weighted by Gasteiger charge is -2.17. The zero-order valence-electron chi connectivity index (χ0n) is 11.2. The van der Waals surface area contributed by atoms with Gasteiger partial charge in [0.15, 0.2) is 0 Å². The van der Waals surface area contributed by atoms with Gasteiger partial charge in [-0.2, -0.15) is 0 Å². The molecule has 1 aromatic carbocycles. The summed E-state index contributed by atoms with van der Waals surface area (Å²) >= 11 is 0. The monoisotopic (exact) mass is 259 g/mol. The summed E-state index contributed by atoms with van der Waals surface area (Å²) in [5.74, 6) is 5.22. The highest BCUT2D eigenvalue weighted by Crippen LogP contribution is 2.21. The average Bonchev–Trinajstić information content (AvgIpc) is 2.36. The van der Waals surface area contributed by atoms with Crippen LogP contribution in [0.5, 0.6) is 0 Å². The van der Waals surface area contributed by atoms with E-state index >= 15 is 0 Å². The molecule has 0 radical (unpaired) electrons. The SMILES string of the molecule is Cc1cc(C)cc(CC(NN)c2ccncc2F)c1. The minimum atomic E-state index is -0.338. The van der Waals surface area contributed by atoms with Crippen molar-refractivity contribution in [2.75, 3.05) is 0 Å². The van der Waals surface area contributed by atoms with Crippen LogP contribution in [0.2, 0.25) is 0 Å². The molecule has 0 aliphatic carbocycles. The van der Waals surface area contributed by atoms with Crippen molar-refractivity contribution in [3.63, 3.8) is 0 Å². The highest BCUT2D eigenvalue weighted by atomic mass is 19.1. The lowest BCUT2D eigenvalue weighted by atomic mass is 9.97. The minimum absolute atomic E-state index is 0.260. The molecule has 1 atom stereocenters. The molecule has 3 nitrogen and oxygen atoms in total. The van der Waals surface area contributed by atoms with Gasteiger partial charge in [0.05, 0.1) is 12.2 Å². The topological polar surface area (TPSA) is 50.9 Å². The van der Waals surface area contributed by atoms with Crippen LogP contribution < -0.4 is 11.3 Å². The lowest BCUT2D eigenvalue weighted by molar-refractivity contribution is 0.508. The number of nitrogens with zero attached hydrogens (tertiary/aromatic N) is 1. The Balaban J connectivity index is 2.26. The van der Waals surface area contributed by atoms with Crippen LogP contribution >= 0.6 is 0 Å². The molecule has 1 aromatic heterocycles. The molecule has 0 aliphatic heterocycles. The van der Waals surface area contributed by atoms with Crippen molar-refractivity contribution < 1.29 is 4.39 Å². The van der Waals surface area contributed by atoms with Gasteiger partial charge in [0.25, 0.3) is 0 Å². The Labute approximate surface area is 112 Å². The maximum Gasteiger partial charge on any atom is 0.146 e. The molecule has 0 aliphatic rings. The minimum Gasteiger partial charge on any atom is -0.271 e. The smallest absolute Gasteiger partial charge is 0.146 e. The first kappa shape index (κ1) is 13.6. The number of nitrogens with one attached hydrogen (secondary N) is 1. The van der Waals surface area contributed by atoms with Crippen molar-refractivity contribution in [1.29, 1.82) is 0 Å². The highest BCUT2D eigenvalue weighted by molar-refractivity contribution is 5.30. The number of hydrogen-bond acceptors (Lipinski definition) is 3. The number of hydrogen-bond donors (Lipinski definition) is 2. The highest BCUT2D eigenvalue weighted by Gasteiger charge is 2.15. The van der Waals surface area contributed by atoms with E-state index in [1.165, 1.54) is 17.3 Å². The first-order valence-corrected chi connectivity index (χ1v) is 6.23. The summed E-state index contributed by atoms with van der Waals surface area (Å²) in [4.78, 5) is 3.75. The van der Waals surface area contributed by atoms with E-state index in [2.05, 4.69) is 42.5 Å². The molecule has 3 N–H and O–H groups in total. The van der Waals surface area contributed by atoms with E-state index in [4.69, 9.17) is 5.84 Å². The van der Waals surface area contributed by atoms with Crippen molar-refractivity contribution in [3.05, 3.63) is 64.7 Å². The normalized spacial score (nSPS) is 12.4. The summed E-state index contributed by atoms with van der Waals surface area (Å²) in [5, 5.41) is 0. The molecule has 2 aromatic rings. The van der Waals surface area contributed by atoms with E-state index in [0.717, 1.165) is 5.56 Å². The van der Waals surface area contributed by atoms with Gasteiger partial charge in [-0.05, 0) is 31.9 Å². The molecule has 0 saturated heterocycles. The molecular weight excluding hydrogens is 241 g/mol. The van der Waals surface area contributed by atoms with Crippen LogP contribution in [0.4, 0.5) is 4.39 Å². The fourth-order valence-corrected chi connectivity index (χ4v) is 2.35. The van der Waals surface area contributed by atoms with E-state index < -0.39 is 0 Å². The van der Waals surface area contributed by atoms with E-state index in [9.17, 15) is 4.39 Å². The van der Waals surface area contributed by atoms with Gasteiger partial charge in [-0.15, -0.1) is 0 Å². The molecule has 1 heterocycles. The van der Waals surface area contributed by atoms with Gasteiger partial charge in [0.1, 0.15) is 5.82 Å². The summed E-state index contributed by atoms with van der Waals surface area (Å²) < 4.78 is 13.7. The van der Waals surface area contributed by atoms with Gasteiger partial charge in [-0.25, -0.2) is 4.39 Å². The third-order valence-electron chi connectivity index (χ3n) is 3.10. The summed E-state index contributed by atoms with van der Waals surface area (Å²) in [7, 11) is 0. The van der Waals surface area contributed by atoms with Crippen LogP contribution in [0.3, 0.4) is 0 Å². The number of pyridine rings is 1. The summed E-state index contributed by atoms with van der Waals surface area (Å²) in [5.41, 5.74) is 6.74. The molecule has 1 unspecified atom stereocenters. The molecule has 2 rings (SSSR count). The quantitative estimate of drug-likeness (QED) is 0.655. The molecule has 0 amide bonds. The van der Waals surface area contributed by atoms with Crippen LogP contribution in [0.25, 0.3) is 0 Å². The number of rotatable bonds is 4. The van der Waals surface area contributed by atoms with Gasteiger partial charge in [0.2, 0.25) is 0 Å². The van der Waals surface area contributed by atoms with Crippen molar-refractivity contribution >= 4 is 0 Å². The molecule has 0 bridgehead atoms. The standard InChI is InChI=1S/C15H18FN3/c1-10-5-11(2)7-12(6-10)8-15(19-17)13-3-4-18-9-14(13)16/h3-7,9,15,19H,8,17H2,1-2H3. The van der Waals surface area contributed by atoms with E-state index in [1.54, 1.807) is 12.3 Å². The number of hydrazine groups is 1. The Morgan fingerprint density at radius 3 is 2.53 bits per heavy atom. The second-order valence-electron chi connectivity index (χ2n) is 4.82. The first-order valence-electron chi connectivity index (χ1n) is 6.23. The van der Waals surface area contributed by atoms with Crippen LogP contribution in [-0.4, -0.2) is 4.98 Å². The predicted molar refractivity (Wildman–Crippen MR) is 73.9 cm³/mol. The number of aryl methyl sites for hydroxylation is 2. The zero-order valence-corrected chi connectivity index (χ0v) is 11.2. The predicted octanol–water partition coefficient (Wildman–Crippen LogP) is 2.58. The van der Waals surface area contributed by atoms with Gasteiger partial charge < -0.3 is 0 Å². The van der Waals surface area contributed by atoms with E-state index in [0.29, 0.717) is 12.0 Å². The first-order chi connectivity index (χ1) is 9.10. The Hall–Kier alpha value is -1.78. The van der Waals surface area contributed by atoms with Crippen molar-refractivity contribution in [3.8, 4) is 0 Å². The number of nitrogens with two attached hydrogens (primary N) is 1. The second kappa shape index (κ2) is 5.91. The van der Waals surface area contributed by atoms with Gasteiger partial charge in [0, 0.05) is 11.8 Å². The molecule has 0 saturated carbocycles. The Morgan fingerprint density at radius 1 is 1.26 bits per heavy atom. The molecule has 19 heavy (non-hydrogen) atoms. The average molecular weight is 259 g/mol. The van der Waals surface area contributed by atoms with Crippen LogP contribution in [0.15, 0.2) is 36.7 Å². The van der Waals surface area contributed by atoms with Gasteiger partial charge in [-0.1, -0.05) is 29.3 Å². The molecule has 0 fully saturated rings. The Morgan fingerprint density at radius 2 is 1.95 bits per heavy atom. The summed E-state index contributed by atoms with van der Waals surface area (Å²) in [6.45, 7) is 4.10. The molecule has 100 valence electrons. The van der Waals surface area contributed by atoms with E-state index in [1.807, 2.05) is 0 Å². The summed E-state index contributed by atoms with van der Waals surface area (Å²) in [6.07, 6.45) is 3.42. The zero-order chi connectivity index (χ0) is 13.8. The van der Waals surface area contributed by atoms with Crippen molar-refractivity contribution in [2.45, 2.75) is 26.3 Å². The number of benzene rings is 1. The molecular formula is C15H18FN3. The van der Waals surface area contributed by atoms with Crippen LogP contribution in [0, 0.1) is 19.7 Å². The Bertz CT molecular complexity index is 549. The third-order valence-corrected chi connectivity index (χ3v) is 3.10. The largest absolute Gasteiger partial charge is 0.271 e. The van der Waals surface area contributed by atoms with E-state index in [-0.39, 0.29) is 11.9 Å². The third kappa shape index (κ3) is 3.36. The van der Waals surface area contributed by atoms with Crippen molar-refractivity contribution in [2.24, 2.45) is 5.84 Å². The van der Waals surface area contributed by atoms with Gasteiger partial charge in [-0.3, -0.25) is 16.3 Å². The van der Waals surface area contributed by atoms with Crippen LogP contribution in [0.1, 0.15) is 28.3 Å². The fourth-order valence-electron chi connectivity index (χ4n) is 2.35. The Kier molecular flexibility index (Phi) is 4.24. The molecule has 4 heteroatoms. The van der Waals surface area contributed by atoms with Crippen molar-refractivity contribution in [1.82, 2.24) is 10.4 Å². The second-order valence-corrected chi connectivity index (χ2v) is 4.82. The van der Waals surface area contributed by atoms with Crippen LogP contribution in [-0.2, 0) is 6.42 Å². The number of halogens is 1. The fraction of sp³-hybridized carbons (Fsp3) is 0.267. The lowest BCUT2D eigenvalue weighted by Crippen LogP contribution is -2.30. The number of aromatic nitrogens is 1. The molecule has 0 spiro atoms. The maximum atomic E-state index is 13.7.